The molecule has 4 nitrogen and oxygen atoms in total. The SMILES string of the molecule is CCC(CC)C(=O)/C=C(\O)C(CC)CC.Cc1ccc2[c-]c3c(cc2c1)C(C)(C)c1ccc(-c2ccccc2)c2oc4c(C)cnc-3c4c12.[Ir]. The third-order valence-electron chi connectivity index (χ3n) is 10.6. The average Bonchev–Trinajstić information content (AvgIpc) is 3.48. The zero-order chi connectivity index (χ0) is 35.0. The first-order valence-electron chi connectivity index (χ1n) is 17.9. The van der Waals surface area contributed by atoms with Crippen molar-refractivity contribution in [2.45, 2.75) is 86.5 Å². The Kier molecular flexibility index (Phi) is 11.2. The molecule has 0 amide bonds. The van der Waals surface area contributed by atoms with Crippen LogP contribution in [0.15, 0.2) is 89.2 Å². The predicted molar refractivity (Wildman–Crippen MR) is 204 cm³/mol. The van der Waals surface area contributed by atoms with Crippen LogP contribution in [-0.4, -0.2) is 15.9 Å². The molecule has 1 radical (unpaired) electrons. The normalized spacial score (nSPS) is 13.4. The van der Waals surface area contributed by atoms with Crippen LogP contribution in [0.4, 0.5) is 0 Å². The summed E-state index contributed by atoms with van der Waals surface area (Å²) in [6.07, 6.45) is 6.85. The second kappa shape index (κ2) is 15.1. The van der Waals surface area contributed by atoms with Crippen LogP contribution < -0.4 is 0 Å². The molecular weight excluding hydrogens is 795 g/mol. The van der Waals surface area contributed by atoms with Gasteiger partial charge in [0.25, 0.3) is 0 Å². The van der Waals surface area contributed by atoms with E-state index in [1.54, 1.807) is 0 Å². The molecule has 0 unspecified atom stereocenters. The van der Waals surface area contributed by atoms with Gasteiger partial charge in [-0.3, -0.25) is 9.78 Å². The minimum atomic E-state index is -0.247. The van der Waals surface area contributed by atoms with E-state index in [4.69, 9.17) is 9.40 Å². The van der Waals surface area contributed by atoms with Gasteiger partial charge in [0.15, 0.2) is 5.78 Å². The van der Waals surface area contributed by atoms with E-state index in [0.717, 1.165) is 75.6 Å². The van der Waals surface area contributed by atoms with Crippen LogP contribution in [-0.2, 0) is 30.3 Å². The standard InChI is InChI=1S/C32H24NO.C13H24O2.Ir/c1-18-10-11-21-15-24-26(16-22(21)14-18)32(3,4)25-13-12-23(20-8-6-5-7-9-20)31-27(25)28-29(24)33-17-19(2)30(28)34-31;1-5-10(6-2)12(14)9-13(15)11(7-3)8-4;/h5-14,16-17H,1-4H3;9-11,14H,5-8H2,1-4H3;/q-1;;/b;12-9-;. The van der Waals surface area contributed by atoms with Gasteiger partial charge in [0, 0.05) is 71.8 Å². The molecule has 4 aromatic carbocycles. The number of fused-ring (bicyclic) bond motifs is 3. The Hall–Kier alpha value is -4.05. The van der Waals surface area contributed by atoms with Crippen molar-refractivity contribution in [2.24, 2.45) is 11.8 Å². The fourth-order valence-electron chi connectivity index (χ4n) is 7.50. The number of hydrogen-bond acceptors (Lipinski definition) is 4. The molecule has 0 fully saturated rings. The molecular formula is C45H48IrNO3-. The van der Waals surface area contributed by atoms with E-state index >= 15 is 0 Å². The van der Waals surface area contributed by atoms with E-state index in [1.807, 2.05) is 33.9 Å². The van der Waals surface area contributed by atoms with Crippen molar-refractivity contribution in [3.8, 4) is 22.4 Å². The van der Waals surface area contributed by atoms with Gasteiger partial charge in [-0.25, -0.2) is 0 Å². The predicted octanol–water partition coefficient (Wildman–Crippen LogP) is 12.4. The maximum atomic E-state index is 11.7. The van der Waals surface area contributed by atoms with Crippen molar-refractivity contribution in [2.75, 3.05) is 0 Å². The van der Waals surface area contributed by atoms with Gasteiger partial charge in [0.05, 0.1) is 5.76 Å². The monoisotopic (exact) mass is 843 g/mol. The number of aromatic nitrogens is 1. The van der Waals surface area contributed by atoms with Gasteiger partial charge in [-0.15, -0.1) is 23.6 Å². The summed E-state index contributed by atoms with van der Waals surface area (Å²) in [5, 5.41) is 14.4. The molecule has 0 bridgehead atoms. The molecule has 261 valence electrons. The van der Waals surface area contributed by atoms with Gasteiger partial charge in [-0.1, -0.05) is 118 Å². The first-order chi connectivity index (χ1) is 23.5. The Labute approximate surface area is 310 Å². The van der Waals surface area contributed by atoms with Gasteiger partial charge in [-0.05, 0) is 56.1 Å². The summed E-state index contributed by atoms with van der Waals surface area (Å²) in [4.78, 5) is 16.7. The Morgan fingerprint density at radius 1 is 0.860 bits per heavy atom. The van der Waals surface area contributed by atoms with E-state index in [9.17, 15) is 9.90 Å². The molecule has 0 aliphatic heterocycles. The first-order valence-corrected chi connectivity index (χ1v) is 17.9. The zero-order valence-electron chi connectivity index (χ0n) is 30.5. The molecule has 5 heteroatoms. The van der Waals surface area contributed by atoms with E-state index < -0.39 is 0 Å². The smallest absolute Gasteiger partial charge is 0.162 e. The number of furan rings is 1. The Balaban J connectivity index is 0.000000261. The van der Waals surface area contributed by atoms with Gasteiger partial charge < -0.3 is 9.52 Å². The van der Waals surface area contributed by atoms with Crippen LogP contribution in [0, 0.1) is 31.7 Å². The summed E-state index contributed by atoms with van der Waals surface area (Å²) in [7, 11) is 0. The Morgan fingerprint density at radius 3 is 2.20 bits per heavy atom. The van der Waals surface area contributed by atoms with Crippen molar-refractivity contribution in [1.82, 2.24) is 4.98 Å². The summed E-state index contributed by atoms with van der Waals surface area (Å²) in [6, 6.07) is 27.7. The van der Waals surface area contributed by atoms with Crippen molar-refractivity contribution >= 4 is 38.5 Å². The minimum Gasteiger partial charge on any atom is -0.512 e. The van der Waals surface area contributed by atoms with Crippen LogP contribution >= 0.6 is 0 Å². The van der Waals surface area contributed by atoms with E-state index in [0.29, 0.717) is 0 Å². The van der Waals surface area contributed by atoms with Crippen LogP contribution in [0.3, 0.4) is 0 Å². The second-order valence-electron chi connectivity index (χ2n) is 14.1. The van der Waals surface area contributed by atoms with Crippen molar-refractivity contribution in [1.29, 1.82) is 0 Å². The zero-order valence-corrected chi connectivity index (χ0v) is 32.9. The van der Waals surface area contributed by atoms with Crippen LogP contribution in [0.25, 0.3) is 55.1 Å². The molecule has 7 rings (SSSR count). The summed E-state index contributed by atoms with van der Waals surface area (Å²) < 4.78 is 6.68. The van der Waals surface area contributed by atoms with Crippen LogP contribution in [0.5, 0.6) is 0 Å². The Morgan fingerprint density at radius 2 is 1.54 bits per heavy atom. The molecule has 6 aromatic rings. The maximum absolute atomic E-state index is 11.7. The number of ketones is 1. The van der Waals surface area contributed by atoms with Gasteiger partial charge >= 0.3 is 0 Å². The summed E-state index contributed by atoms with van der Waals surface area (Å²) in [5.74, 6) is 0.547. The third-order valence-corrected chi connectivity index (χ3v) is 10.6. The summed E-state index contributed by atoms with van der Waals surface area (Å²) in [6.45, 7) is 16.9. The Bertz CT molecular complexity index is 2200. The fraction of sp³-hybridized carbons (Fsp3) is 0.333. The molecule has 50 heavy (non-hydrogen) atoms. The molecule has 0 spiro atoms. The molecule has 1 N–H and O–H groups in total. The topological polar surface area (TPSA) is 63.3 Å². The number of pyridine rings is 1. The number of aryl methyl sites for hydroxylation is 2. The van der Waals surface area contributed by atoms with Crippen LogP contribution in [0.1, 0.15) is 89.5 Å². The third kappa shape index (κ3) is 6.59. The number of aliphatic hydroxyl groups is 1. The minimum absolute atomic E-state index is 0. The van der Waals surface area contributed by atoms with E-state index in [-0.39, 0.29) is 48.9 Å². The van der Waals surface area contributed by atoms with Crippen molar-refractivity contribution < 1.29 is 34.4 Å². The number of carbonyl (C=O) groups excluding carboxylic acids is 1. The van der Waals surface area contributed by atoms with Crippen molar-refractivity contribution in [3.05, 3.63) is 113 Å². The molecule has 0 atom stereocenters. The summed E-state index contributed by atoms with van der Waals surface area (Å²) in [5.41, 5.74) is 10.8. The molecule has 0 saturated heterocycles. The van der Waals surface area contributed by atoms with Crippen LogP contribution in [0.2, 0.25) is 0 Å². The fourth-order valence-corrected chi connectivity index (χ4v) is 7.50. The number of rotatable bonds is 8. The number of aliphatic hydroxyl groups excluding tert-OH is 1. The number of carbonyl (C=O) groups is 1. The number of nitrogens with zero attached hydrogens (tertiary/aromatic N) is 1. The first kappa shape index (κ1) is 37.2. The molecule has 2 heterocycles. The molecule has 0 saturated carbocycles. The average molecular weight is 843 g/mol. The van der Waals surface area contributed by atoms with Crippen molar-refractivity contribution in [3.63, 3.8) is 0 Å². The summed E-state index contributed by atoms with van der Waals surface area (Å²) >= 11 is 0. The number of allylic oxidation sites excluding steroid dienone is 2. The van der Waals surface area contributed by atoms with Gasteiger partial charge in [-0.2, -0.15) is 0 Å². The number of benzene rings is 4. The van der Waals surface area contributed by atoms with E-state index in [2.05, 4.69) is 100 Å². The largest absolute Gasteiger partial charge is 0.512 e. The molecule has 2 aromatic heterocycles. The van der Waals surface area contributed by atoms with E-state index in [1.165, 1.54) is 33.5 Å². The molecule has 1 aliphatic carbocycles. The molecule has 1 aliphatic rings. The second-order valence-corrected chi connectivity index (χ2v) is 14.1. The maximum Gasteiger partial charge on any atom is 0.162 e. The van der Waals surface area contributed by atoms with Gasteiger partial charge in [0.1, 0.15) is 11.2 Å². The quantitative estimate of drug-likeness (QED) is 0.0942. The number of hydrogen-bond donors (Lipinski definition) is 1. The van der Waals surface area contributed by atoms with Gasteiger partial charge in [0.2, 0.25) is 0 Å².